The lowest BCUT2D eigenvalue weighted by Gasteiger charge is -2.03. The maximum atomic E-state index is 10.3. The van der Waals surface area contributed by atoms with Crippen LogP contribution in [-0.2, 0) is 0 Å². The van der Waals surface area contributed by atoms with Crippen molar-refractivity contribution in [3.8, 4) is 11.5 Å². The van der Waals surface area contributed by atoms with Crippen molar-refractivity contribution in [3.63, 3.8) is 0 Å². The average molecular weight is 235 g/mol. The molecule has 0 unspecified atom stereocenters. The maximum Gasteiger partial charge on any atom is 0.410 e. The van der Waals surface area contributed by atoms with Gasteiger partial charge in [-0.05, 0) is 12.1 Å². The smallest absolute Gasteiger partial charge is 0.410 e. The molecule has 0 saturated heterocycles. The van der Waals surface area contributed by atoms with Crippen molar-refractivity contribution in [3.05, 3.63) is 17.8 Å². The van der Waals surface area contributed by atoms with Crippen molar-refractivity contribution in [1.82, 2.24) is 10.2 Å². The zero-order valence-electron chi connectivity index (χ0n) is 9.40. The minimum Gasteiger partial charge on any atom is -0.465 e. The van der Waals surface area contributed by atoms with Crippen molar-refractivity contribution < 1.29 is 9.90 Å². The molecular formula is C10H13N3O2Si. The number of nitrogens with one attached hydrogen (secondary N) is 1. The number of nitrogens with zero attached hydrogens (tertiary/aromatic N) is 2. The fraction of sp³-hybridized carbons (Fsp3) is 0.300. The number of aromatic nitrogens is 2. The molecule has 5 nitrogen and oxygen atoms in total. The molecule has 0 aliphatic rings. The van der Waals surface area contributed by atoms with Gasteiger partial charge in [-0.2, -0.15) is 0 Å². The summed E-state index contributed by atoms with van der Waals surface area (Å²) >= 11 is 0. The summed E-state index contributed by atoms with van der Waals surface area (Å²) in [6, 6.07) is 3.18. The van der Waals surface area contributed by atoms with E-state index in [4.69, 9.17) is 5.11 Å². The van der Waals surface area contributed by atoms with Gasteiger partial charge in [0.05, 0.1) is 0 Å². The fourth-order valence-corrected chi connectivity index (χ4v) is 1.33. The van der Waals surface area contributed by atoms with Gasteiger partial charge in [0.15, 0.2) is 5.82 Å². The van der Waals surface area contributed by atoms with Crippen molar-refractivity contribution >= 4 is 20.0 Å². The van der Waals surface area contributed by atoms with Crippen molar-refractivity contribution in [2.24, 2.45) is 0 Å². The molecular weight excluding hydrogens is 222 g/mol. The summed E-state index contributed by atoms with van der Waals surface area (Å²) in [5.41, 5.74) is 3.70. The van der Waals surface area contributed by atoms with Crippen LogP contribution in [0.3, 0.4) is 0 Å². The second-order valence-electron chi connectivity index (χ2n) is 4.23. The number of amides is 1. The Hall–Kier alpha value is -1.87. The molecule has 0 radical (unpaired) electrons. The van der Waals surface area contributed by atoms with E-state index in [0.717, 1.165) is 0 Å². The second kappa shape index (κ2) is 4.77. The van der Waals surface area contributed by atoms with Gasteiger partial charge in [0.1, 0.15) is 13.8 Å². The molecule has 0 atom stereocenters. The Bertz CT molecular complexity index is 440. The van der Waals surface area contributed by atoms with Crippen molar-refractivity contribution in [2.75, 3.05) is 5.32 Å². The zero-order valence-corrected chi connectivity index (χ0v) is 10.4. The third-order valence-corrected chi connectivity index (χ3v) is 2.34. The molecule has 1 amide bonds. The van der Waals surface area contributed by atoms with E-state index >= 15 is 0 Å². The summed E-state index contributed by atoms with van der Waals surface area (Å²) in [6.07, 6.45) is -1.16. The first kappa shape index (κ1) is 12.2. The molecule has 0 spiro atoms. The first-order valence-electron chi connectivity index (χ1n) is 4.74. The Morgan fingerprint density at radius 2 is 2.06 bits per heavy atom. The Balaban J connectivity index is 2.78. The molecule has 84 valence electrons. The number of hydrogen-bond donors (Lipinski definition) is 2. The van der Waals surface area contributed by atoms with E-state index in [2.05, 4.69) is 46.6 Å². The van der Waals surface area contributed by atoms with Crippen LogP contribution in [0.2, 0.25) is 19.6 Å². The molecule has 1 heterocycles. The number of carboxylic acid groups (broad SMARTS) is 1. The molecule has 0 aliphatic heterocycles. The Morgan fingerprint density at radius 1 is 1.38 bits per heavy atom. The molecule has 1 aromatic heterocycles. The van der Waals surface area contributed by atoms with Crippen LogP contribution in [0.25, 0.3) is 0 Å². The summed E-state index contributed by atoms with van der Waals surface area (Å²) in [5, 5.41) is 18.1. The SMILES string of the molecule is C[Si](C)(C)C#Cc1ccc(NC(=O)O)nn1. The van der Waals surface area contributed by atoms with Crippen LogP contribution in [0.15, 0.2) is 12.1 Å². The highest BCUT2D eigenvalue weighted by Gasteiger charge is 2.07. The first-order chi connectivity index (χ1) is 7.37. The minimum absolute atomic E-state index is 0.200. The standard InChI is InChI=1S/C10H13N3O2Si/c1-16(2,3)7-6-8-4-5-9(13-12-8)11-10(14)15/h4-5H,1-3H3,(H,11,13)(H,14,15). The predicted octanol–water partition coefficient (Wildman–Crippen LogP) is 1.80. The zero-order chi connectivity index (χ0) is 12.2. The summed E-state index contributed by atoms with van der Waals surface area (Å²) in [7, 11) is -1.42. The fourth-order valence-electron chi connectivity index (χ4n) is 0.827. The number of rotatable bonds is 1. The summed E-state index contributed by atoms with van der Waals surface area (Å²) < 4.78 is 0. The minimum atomic E-state index is -1.42. The van der Waals surface area contributed by atoms with Gasteiger partial charge < -0.3 is 5.11 Å². The van der Waals surface area contributed by atoms with Gasteiger partial charge in [0.2, 0.25) is 0 Å². The normalized spacial score (nSPS) is 10.2. The molecule has 0 bridgehead atoms. The van der Waals surface area contributed by atoms with Crippen LogP contribution in [0.5, 0.6) is 0 Å². The number of carbonyl (C=O) groups is 1. The van der Waals surface area contributed by atoms with Gasteiger partial charge in [-0.25, -0.2) is 4.79 Å². The molecule has 1 rings (SSSR count). The topological polar surface area (TPSA) is 75.1 Å². The average Bonchev–Trinajstić information content (AvgIpc) is 2.14. The Labute approximate surface area is 94.9 Å². The largest absolute Gasteiger partial charge is 0.465 e. The third-order valence-electron chi connectivity index (χ3n) is 1.47. The predicted molar refractivity (Wildman–Crippen MR) is 63.9 cm³/mol. The quantitative estimate of drug-likeness (QED) is 0.575. The molecule has 1 aromatic rings. The van der Waals surface area contributed by atoms with E-state index in [1.807, 2.05) is 0 Å². The van der Waals surface area contributed by atoms with Crippen LogP contribution in [-0.4, -0.2) is 29.5 Å². The first-order valence-corrected chi connectivity index (χ1v) is 8.24. The Kier molecular flexibility index (Phi) is 3.63. The van der Waals surface area contributed by atoms with Crippen molar-refractivity contribution in [1.29, 1.82) is 0 Å². The molecule has 0 aliphatic carbocycles. The molecule has 2 N–H and O–H groups in total. The van der Waals surface area contributed by atoms with E-state index in [-0.39, 0.29) is 5.82 Å². The highest BCUT2D eigenvalue weighted by atomic mass is 28.3. The van der Waals surface area contributed by atoms with E-state index in [9.17, 15) is 4.79 Å². The van der Waals surface area contributed by atoms with E-state index in [0.29, 0.717) is 5.69 Å². The third kappa shape index (κ3) is 4.57. The highest BCUT2D eigenvalue weighted by Crippen LogP contribution is 2.02. The van der Waals surface area contributed by atoms with Crippen LogP contribution in [0.4, 0.5) is 10.6 Å². The van der Waals surface area contributed by atoms with Gasteiger partial charge in [-0.3, -0.25) is 5.32 Å². The molecule has 6 heteroatoms. The summed E-state index contributed by atoms with van der Waals surface area (Å²) in [6.45, 7) is 6.40. The van der Waals surface area contributed by atoms with Crippen molar-refractivity contribution in [2.45, 2.75) is 19.6 Å². The lowest BCUT2D eigenvalue weighted by Crippen LogP contribution is -2.16. The van der Waals surface area contributed by atoms with Gasteiger partial charge >= 0.3 is 6.09 Å². The van der Waals surface area contributed by atoms with Crippen LogP contribution in [0.1, 0.15) is 5.69 Å². The Morgan fingerprint density at radius 3 is 2.50 bits per heavy atom. The van der Waals surface area contributed by atoms with Crippen LogP contribution >= 0.6 is 0 Å². The molecule has 0 saturated carbocycles. The maximum absolute atomic E-state index is 10.3. The summed E-state index contributed by atoms with van der Waals surface area (Å²) in [5.74, 6) is 3.13. The van der Waals surface area contributed by atoms with Gasteiger partial charge in [-0.15, -0.1) is 15.7 Å². The van der Waals surface area contributed by atoms with Crippen LogP contribution in [0, 0.1) is 11.5 Å². The monoisotopic (exact) mass is 235 g/mol. The van der Waals surface area contributed by atoms with Gasteiger partial charge in [-0.1, -0.05) is 25.6 Å². The van der Waals surface area contributed by atoms with E-state index in [1.165, 1.54) is 6.07 Å². The van der Waals surface area contributed by atoms with Gasteiger partial charge in [0.25, 0.3) is 0 Å². The molecule has 16 heavy (non-hydrogen) atoms. The summed E-state index contributed by atoms with van der Waals surface area (Å²) in [4.78, 5) is 10.3. The number of hydrogen-bond acceptors (Lipinski definition) is 3. The number of anilines is 1. The van der Waals surface area contributed by atoms with Gasteiger partial charge in [0, 0.05) is 0 Å². The lowest BCUT2D eigenvalue weighted by atomic mass is 10.4. The lowest BCUT2D eigenvalue weighted by molar-refractivity contribution is 0.209. The molecule has 0 aromatic carbocycles. The highest BCUT2D eigenvalue weighted by molar-refractivity contribution is 6.83. The second-order valence-corrected chi connectivity index (χ2v) is 8.98. The van der Waals surface area contributed by atoms with E-state index < -0.39 is 14.2 Å². The van der Waals surface area contributed by atoms with E-state index in [1.54, 1.807) is 6.07 Å². The molecule has 0 fully saturated rings. The van der Waals surface area contributed by atoms with Crippen LogP contribution < -0.4 is 5.32 Å².